The van der Waals surface area contributed by atoms with E-state index in [0.717, 1.165) is 0 Å². The van der Waals surface area contributed by atoms with Crippen molar-refractivity contribution in [3.63, 3.8) is 0 Å². The molecular formula is C24H21N3O6S. The van der Waals surface area contributed by atoms with Crippen LogP contribution in [-0.2, 0) is 4.79 Å². The molecule has 3 heterocycles. The smallest absolute Gasteiger partial charge is 0.254 e. The van der Waals surface area contributed by atoms with Gasteiger partial charge in [-0.3, -0.25) is 9.59 Å². The summed E-state index contributed by atoms with van der Waals surface area (Å²) in [5.74, 6) is 2.13. The summed E-state index contributed by atoms with van der Waals surface area (Å²) in [6, 6.07) is 16.0. The molecule has 10 heteroatoms. The number of ether oxygens (including phenoxy) is 4. The summed E-state index contributed by atoms with van der Waals surface area (Å²) in [7, 11) is 0. The Morgan fingerprint density at radius 3 is 2.71 bits per heavy atom. The van der Waals surface area contributed by atoms with Gasteiger partial charge in [0.2, 0.25) is 12.7 Å². The largest absolute Gasteiger partial charge is 0.486 e. The van der Waals surface area contributed by atoms with Crippen LogP contribution < -0.4 is 29.6 Å². The molecule has 0 bridgehead atoms. The van der Waals surface area contributed by atoms with Crippen molar-refractivity contribution in [1.29, 1.82) is 0 Å². The first-order valence-electron chi connectivity index (χ1n) is 10.6. The molecule has 0 saturated heterocycles. The topological polar surface area (TPSA) is 108 Å². The third kappa shape index (κ3) is 5.01. The fraction of sp³-hybridized carbons (Fsp3) is 0.208. The molecule has 0 unspecified atom stereocenters. The molecule has 9 nitrogen and oxygen atoms in total. The van der Waals surface area contributed by atoms with Gasteiger partial charge in [0.15, 0.2) is 23.0 Å². The molecule has 2 N–H and O–H groups in total. The molecule has 3 aromatic rings. The average molecular weight is 480 g/mol. The van der Waals surface area contributed by atoms with Crippen LogP contribution in [0.1, 0.15) is 10.4 Å². The van der Waals surface area contributed by atoms with Crippen LogP contribution in [0.3, 0.4) is 0 Å². The highest BCUT2D eigenvalue weighted by molar-refractivity contribution is 8.00. The minimum atomic E-state index is -0.306. The Morgan fingerprint density at radius 1 is 0.971 bits per heavy atom. The Morgan fingerprint density at radius 2 is 1.79 bits per heavy atom. The zero-order valence-corrected chi connectivity index (χ0v) is 18.8. The SMILES string of the molecule is O=C(CSc1ncccc1C(=O)NC[C@@H]1COc2ccccc2O1)Nc1ccc2c(c1)OCO2. The van der Waals surface area contributed by atoms with Gasteiger partial charge >= 0.3 is 0 Å². The Kier molecular flexibility index (Phi) is 6.39. The second kappa shape index (κ2) is 9.92. The molecule has 0 fully saturated rings. The molecule has 2 aliphatic rings. The van der Waals surface area contributed by atoms with Crippen LogP contribution in [0.4, 0.5) is 5.69 Å². The summed E-state index contributed by atoms with van der Waals surface area (Å²) >= 11 is 1.18. The van der Waals surface area contributed by atoms with Crippen molar-refractivity contribution in [1.82, 2.24) is 10.3 Å². The van der Waals surface area contributed by atoms with Crippen molar-refractivity contribution in [3.05, 3.63) is 66.4 Å². The molecule has 34 heavy (non-hydrogen) atoms. The normalized spacial score (nSPS) is 15.5. The molecule has 1 atom stereocenters. The Bertz CT molecular complexity index is 1220. The van der Waals surface area contributed by atoms with Crippen molar-refractivity contribution in [2.45, 2.75) is 11.1 Å². The number of aromatic nitrogens is 1. The van der Waals surface area contributed by atoms with Crippen molar-refractivity contribution < 1.29 is 28.5 Å². The van der Waals surface area contributed by atoms with Gasteiger partial charge in [-0.1, -0.05) is 23.9 Å². The van der Waals surface area contributed by atoms with Gasteiger partial charge in [-0.05, 0) is 36.4 Å². The van der Waals surface area contributed by atoms with Crippen LogP contribution in [0.25, 0.3) is 0 Å². The van der Waals surface area contributed by atoms with Gasteiger partial charge in [-0.2, -0.15) is 0 Å². The maximum Gasteiger partial charge on any atom is 0.254 e. The molecule has 0 radical (unpaired) electrons. The minimum Gasteiger partial charge on any atom is -0.486 e. The zero-order valence-electron chi connectivity index (χ0n) is 18.0. The predicted molar refractivity (Wildman–Crippen MR) is 125 cm³/mol. The number of hydrogen-bond acceptors (Lipinski definition) is 8. The molecule has 0 saturated carbocycles. The number of amides is 2. The zero-order chi connectivity index (χ0) is 23.3. The van der Waals surface area contributed by atoms with Gasteiger partial charge in [0.25, 0.3) is 5.91 Å². The lowest BCUT2D eigenvalue weighted by atomic mass is 10.2. The van der Waals surface area contributed by atoms with Crippen LogP contribution in [0.2, 0.25) is 0 Å². The first-order chi connectivity index (χ1) is 16.7. The summed E-state index contributed by atoms with van der Waals surface area (Å²) in [5.41, 5.74) is 0.991. The van der Waals surface area contributed by atoms with Gasteiger partial charge in [0, 0.05) is 18.0 Å². The number of carbonyl (C=O) groups is 2. The van der Waals surface area contributed by atoms with Gasteiger partial charge in [-0.15, -0.1) is 0 Å². The van der Waals surface area contributed by atoms with Crippen molar-refractivity contribution in [2.24, 2.45) is 0 Å². The summed E-state index contributed by atoms with van der Waals surface area (Å²) in [4.78, 5) is 29.5. The van der Waals surface area contributed by atoms with Gasteiger partial charge in [0.05, 0.1) is 17.9 Å². The highest BCUT2D eigenvalue weighted by atomic mass is 32.2. The third-order valence-corrected chi connectivity index (χ3v) is 6.08. The van der Waals surface area contributed by atoms with Crippen molar-refractivity contribution >= 4 is 29.3 Å². The number of nitrogens with zero attached hydrogens (tertiary/aromatic N) is 1. The standard InChI is InChI=1S/C24H21N3O6S/c28-22(27-15-7-8-19-21(10-15)32-14-31-19)13-34-24-17(4-3-9-25-24)23(29)26-11-16-12-30-18-5-1-2-6-20(18)33-16/h1-10,16H,11-14H2,(H,26,29)(H,27,28)/t16-/m1/s1. The highest BCUT2D eigenvalue weighted by Crippen LogP contribution is 2.34. The van der Waals surface area contributed by atoms with Crippen LogP contribution in [-0.4, -0.2) is 48.6 Å². The molecule has 2 amide bonds. The van der Waals surface area contributed by atoms with Gasteiger partial charge < -0.3 is 29.6 Å². The fourth-order valence-electron chi connectivity index (χ4n) is 3.45. The molecule has 0 aliphatic carbocycles. The summed E-state index contributed by atoms with van der Waals surface area (Å²) in [6.45, 7) is 0.781. The quantitative estimate of drug-likeness (QED) is 0.498. The Labute approximate surface area is 199 Å². The van der Waals surface area contributed by atoms with E-state index in [1.807, 2.05) is 24.3 Å². The molecule has 1 aromatic heterocycles. The number of fused-ring (bicyclic) bond motifs is 2. The van der Waals surface area contributed by atoms with E-state index in [-0.39, 0.29) is 37.0 Å². The Hall–Kier alpha value is -3.92. The lowest BCUT2D eigenvalue weighted by molar-refractivity contribution is -0.113. The van der Waals surface area contributed by atoms with E-state index in [0.29, 0.717) is 45.9 Å². The minimum absolute atomic E-state index is 0.0854. The number of para-hydroxylation sites is 2. The molecule has 0 spiro atoms. The van der Waals surface area contributed by atoms with Crippen molar-refractivity contribution in [2.75, 3.05) is 31.0 Å². The van der Waals surface area contributed by atoms with E-state index < -0.39 is 0 Å². The number of pyridine rings is 1. The fourth-order valence-corrected chi connectivity index (χ4v) is 4.24. The lowest BCUT2D eigenvalue weighted by Gasteiger charge is -2.26. The third-order valence-electron chi connectivity index (χ3n) is 5.07. The van der Waals surface area contributed by atoms with E-state index in [2.05, 4.69) is 15.6 Å². The Balaban J connectivity index is 1.15. The van der Waals surface area contributed by atoms with Crippen LogP contribution in [0.5, 0.6) is 23.0 Å². The second-order valence-electron chi connectivity index (χ2n) is 7.47. The number of rotatable bonds is 7. The maximum atomic E-state index is 12.8. The first kappa shape index (κ1) is 21.9. The molecule has 174 valence electrons. The number of carbonyl (C=O) groups excluding carboxylic acids is 2. The molecule has 2 aromatic carbocycles. The average Bonchev–Trinajstić information content (AvgIpc) is 3.34. The van der Waals surface area contributed by atoms with E-state index in [9.17, 15) is 9.59 Å². The highest BCUT2D eigenvalue weighted by Gasteiger charge is 2.22. The molecular weight excluding hydrogens is 458 g/mol. The number of nitrogens with one attached hydrogen (secondary N) is 2. The van der Waals surface area contributed by atoms with Gasteiger partial charge in [-0.25, -0.2) is 4.98 Å². The summed E-state index contributed by atoms with van der Waals surface area (Å²) < 4.78 is 22.2. The summed E-state index contributed by atoms with van der Waals surface area (Å²) in [6.07, 6.45) is 1.28. The van der Waals surface area contributed by atoms with E-state index in [1.54, 1.807) is 36.5 Å². The number of hydrogen-bond donors (Lipinski definition) is 2. The van der Waals surface area contributed by atoms with E-state index >= 15 is 0 Å². The maximum absolute atomic E-state index is 12.8. The van der Waals surface area contributed by atoms with Crippen LogP contribution in [0, 0.1) is 0 Å². The van der Waals surface area contributed by atoms with Crippen LogP contribution >= 0.6 is 11.8 Å². The summed E-state index contributed by atoms with van der Waals surface area (Å²) in [5, 5.41) is 6.15. The lowest BCUT2D eigenvalue weighted by Crippen LogP contribution is -2.40. The molecule has 2 aliphatic heterocycles. The van der Waals surface area contributed by atoms with Crippen molar-refractivity contribution in [3.8, 4) is 23.0 Å². The predicted octanol–water partition coefficient (Wildman–Crippen LogP) is 3.11. The van der Waals surface area contributed by atoms with E-state index in [1.165, 1.54) is 11.8 Å². The second-order valence-corrected chi connectivity index (χ2v) is 8.43. The van der Waals surface area contributed by atoms with Gasteiger partial charge in [0.1, 0.15) is 17.7 Å². The number of thioether (sulfide) groups is 1. The van der Waals surface area contributed by atoms with E-state index in [4.69, 9.17) is 18.9 Å². The molecule has 5 rings (SSSR count). The first-order valence-corrected chi connectivity index (χ1v) is 11.6. The number of anilines is 1. The monoisotopic (exact) mass is 479 g/mol. The van der Waals surface area contributed by atoms with Crippen LogP contribution in [0.15, 0.2) is 65.8 Å². The number of benzene rings is 2.